The molecule has 0 spiro atoms. The number of nitrogens with zero attached hydrogens (tertiary/aromatic N) is 2. The van der Waals surface area contributed by atoms with E-state index in [2.05, 4.69) is 16.7 Å². The number of likely N-dealkylation sites (tertiary alicyclic amines) is 2. The summed E-state index contributed by atoms with van der Waals surface area (Å²) in [5.41, 5.74) is 6.03. The second kappa shape index (κ2) is 6.11. The van der Waals surface area contributed by atoms with Crippen LogP contribution < -0.4 is 5.73 Å². The first kappa shape index (κ1) is 13.8. The zero-order valence-corrected chi connectivity index (χ0v) is 12.6. The fraction of sp³-hybridized carbons (Fsp3) is 1.00. The molecule has 3 heteroatoms. The Morgan fingerprint density at radius 2 is 1.79 bits per heavy atom. The third kappa shape index (κ3) is 2.98. The van der Waals surface area contributed by atoms with Crippen molar-refractivity contribution in [2.45, 2.75) is 57.5 Å². The lowest BCUT2D eigenvalue weighted by Crippen LogP contribution is -2.47. The van der Waals surface area contributed by atoms with E-state index < -0.39 is 0 Å². The van der Waals surface area contributed by atoms with E-state index in [0.29, 0.717) is 0 Å². The van der Waals surface area contributed by atoms with E-state index in [1.807, 2.05) is 0 Å². The van der Waals surface area contributed by atoms with Gasteiger partial charge >= 0.3 is 0 Å². The van der Waals surface area contributed by atoms with Crippen molar-refractivity contribution in [3.05, 3.63) is 0 Å². The van der Waals surface area contributed by atoms with Gasteiger partial charge in [-0.3, -0.25) is 9.80 Å². The first-order chi connectivity index (χ1) is 9.28. The van der Waals surface area contributed by atoms with Crippen LogP contribution in [-0.4, -0.2) is 54.6 Å². The highest BCUT2D eigenvalue weighted by Crippen LogP contribution is 2.34. The zero-order chi connectivity index (χ0) is 13.2. The fourth-order valence-electron chi connectivity index (χ4n) is 4.61. The number of hydrogen-bond acceptors (Lipinski definition) is 3. The molecule has 0 aromatic rings. The minimum Gasteiger partial charge on any atom is -0.330 e. The smallest absolute Gasteiger partial charge is 0.0235 e. The molecule has 110 valence electrons. The minimum absolute atomic E-state index is 0.758. The van der Waals surface area contributed by atoms with Crippen molar-refractivity contribution in [1.82, 2.24) is 9.80 Å². The summed E-state index contributed by atoms with van der Waals surface area (Å²) in [5, 5.41) is 0. The molecule has 2 heterocycles. The summed E-state index contributed by atoms with van der Waals surface area (Å²) in [6, 6.07) is 1.62. The second-order valence-electron chi connectivity index (χ2n) is 7.16. The average Bonchev–Trinajstić information content (AvgIpc) is 3.09. The molecule has 2 saturated heterocycles. The lowest BCUT2D eigenvalue weighted by molar-refractivity contribution is 0.0987. The Morgan fingerprint density at radius 3 is 2.53 bits per heavy atom. The molecule has 2 aliphatic heterocycles. The maximum absolute atomic E-state index is 6.03. The summed E-state index contributed by atoms with van der Waals surface area (Å²) in [5.74, 6) is 1.66. The summed E-state index contributed by atoms with van der Waals surface area (Å²) in [4.78, 5) is 5.53. The topological polar surface area (TPSA) is 32.5 Å². The maximum atomic E-state index is 6.03. The lowest BCUT2D eigenvalue weighted by atomic mass is 9.78. The lowest BCUT2D eigenvalue weighted by Gasteiger charge is -2.40. The van der Waals surface area contributed by atoms with Crippen LogP contribution in [0.3, 0.4) is 0 Å². The molecule has 3 rings (SSSR count). The summed E-state index contributed by atoms with van der Waals surface area (Å²) in [6.45, 7) is 8.64. The van der Waals surface area contributed by atoms with Crippen LogP contribution in [0.4, 0.5) is 0 Å². The molecule has 3 aliphatic rings. The van der Waals surface area contributed by atoms with Crippen molar-refractivity contribution in [2.75, 3.05) is 32.7 Å². The standard InChI is InChI=1S/C16H31N3/c1-13-4-5-14(11-17)16(10-13)19-9-6-15(12-19)18-7-2-3-8-18/h13-16H,2-12,17H2,1H3. The number of hydrogen-bond donors (Lipinski definition) is 1. The Balaban J connectivity index is 1.59. The largest absolute Gasteiger partial charge is 0.330 e. The monoisotopic (exact) mass is 265 g/mol. The molecule has 3 fully saturated rings. The normalized spacial score (nSPS) is 42.0. The quantitative estimate of drug-likeness (QED) is 0.846. The van der Waals surface area contributed by atoms with Crippen LogP contribution in [0.5, 0.6) is 0 Å². The molecule has 3 nitrogen and oxygen atoms in total. The summed E-state index contributed by atoms with van der Waals surface area (Å²) >= 11 is 0. The Morgan fingerprint density at radius 1 is 1.00 bits per heavy atom. The van der Waals surface area contributed by atoms with Gasteiger partial charge in [-0.1, -0.05) is 13.3 Å². The Kier molecular flexibility index (Phi) is 4.45. The van der Waals surface area contributed by atoms with Crippen LogP contribution in [0.25, 0.3) is 0 Å². The van der Waals surface area contributed by atoms with E-state index >= 15 is 0 Å². The first-order valence-corrected chi connectivity index (χ1v) is 8.46. The number of rotatable bonds is 3. The molecule has 0 aromatic heterocycles. The van der Waals surface area contributed by atoms with Gasteiger partial charge in [0.15, 0.2) is 0 Å². The van der Waals surface area contributed by atoms with Gasteiger partial charge in [-0.25, -0.2) is 0 Å². The van der Waals surface area contributed by atoms with Crippen molar-refractivity contribution in [3.63, 3.8) is 0 Å². The highest BCUT2D eigenvalue weighted by atomic mass is 15.3. The molecule has 0 amide bonds. The van der Waals surface area contributed by atoms with Crippen LogP contribution in [0.1, 0.15) is 45.4 Å². The van der Waals surface area contributed by atoms with Crippen LogP contribution in [0.15, 0.2) is 0 Å². The summed E-state index contributed by atoms with van der Waals surface area (Å²) in [7, 11) is 0. The Bertz CT molecular complexity index is 288. The first-order valence-electron chi connectivity index (χ1n) is 8.46. The molecule has 0 radical (unpaired) electrons. The molecule has 1 aliphatic carbocycles. The van der Waals surface area contributed by atoms with Crippen LogP contribution in [0.2, 0.25) is 0 Å². The minimum atomic E-state index is 0.758. The molecule has 1 saturated carbocycles. The van der Waals surface area contributed by atoms with E-state index in [9.17, 15) is 0 Å². The fourth-order valence-corrected chi connectivity index (χ4v) is 4.61. The number of nitrogens with two attached hydrogens (primary N) is 1. The van der Waals surface area contributed by atoms with Gasteiger partial charge in [0.05, 0.1) is 0 Å². The van der Waals surface area contributed by atoms with Crippen molar-refractivity contribution >= 4 is 0 Å². The van der Waals surface area contributed by atoms with Gasteiger partial charge in [0, 0.05) is 25.2 Å². The third-order valence-corrected chi connectivity index (χ3v) is 5.84. The molecule has 0 bridgehead atoms. The molecule has 4 unspecified atom stereocenters. The van der Waals surface area contributed by atoms with Crippen molar-refractivity contribution in [2.24, 2.45) is 17.6 Å². The highest BCUT2D eigenvalue weighted by molar-refractivity contribution is 4.93. The third-order valence-electron chi connectivity index (χ3n) is 5.84. The SMILES string of the molecule is CC1CCC(CN)C(N2CCC(N3CCCC3)C2)C1. The molecular weight excluding hydrogens is 234 g/mol. The van der Waals surface area contributed by atoms with Gasteiger partial charge < -0.3 is 5.73 Å². The van der Waals surface area contributed by atoms with Gasteiger partial charge in [0.25, 0.3) is 0 Å². The summed E-state index contributed by atoms with van der Waals surface area (Å²) in [6.07, 6.45) is 8.36. The Hall–Kier alpha value is -0.120. The predicted octanol–water partition coefficient (Wildman–Crippen LogP) is 1.92. The molecule has 0 aromatic carbocycles. The molecule has 4 atom stereocenters. The van der Waals surface area contributed by atoms with Gasteiger partial charge in [0.1, 0.15) is 0 Å². The van der Waals surface area contributed by atoms with Gasteiger partial charge in [-0.15, -0.1) is 0 Å². The predicted molar refractivity (Wildman–Crippen MR) is 80.1 cm³/mol. The van der Waals surface area contributed by atoms with Crippen LogP contribution in [-0.2, 0) is 0 Å². The van der Waals surface area contributed by atoms with E-state index in [-0.39, 0.29) is 0 Å². The van der Waals surface area contributed by atoms with Crippen molar-refractivity contribution in [1.29, 1.82) is 0 Å². The van der Waals surface area contributed by atoms with Crippen molar-refractivity contribution in [3.8, 4) is 0 Å². The van der Waals surface area contributed by atoms with E-state index in [0.717, 1.165) is 30.5 Å². The van der Waals surface area contributed by atoms with E-state index in [1.165, 1.54) is 64.7 Å². The summed E-state index contributed by atoms with van der Waals surface area (Å²) < 4.78 is 0. The van der Waals surface area contributed by atoms with Crippen LogP contribution >= 0.6 is 0 Å². The maximum Gasteiger partial charge on any atom is 0.0235 e. The van der Waals surface area contributed by atoms with Gasteiger partial charge in [-0.05, 0) is 63.6 Å². The molecule has 2 N–H and O–H groups in total. The van der Waals surface area contributed by atoms with Gasteiger partial charge in [-0.2, -0.15) is 0 Å². The van der Waals surface area contributed by atoms with Crippen molar-refractivity contribution < 1.29 is 0 Å². The van der Waals surface area contributed by atoms with E-state index in [4.69, 9.17) is 5.73 Å². The zero-order valence-electron chi connectivity index (χ0n) is 12.6. The molecular formula is C16H31N3. The Labute approximate surface area is 118 Å². The van der Waals surface area contributed by atoms with Gasteiger partial charge in [0.2, 0.25) is 0 Å². The highest BCUT2D eigenvalue weighted by Gasteiger charge is 2.37. The average molecular weight is 265 g/mol. The second-order valence-corrected chi connectivity index (χ2v) is 7.16. The van der Waals surface area contributed by atoms with Crippen LogP contribution in [0, 0.1) is 11.8 Å². The van der Waals surface area contributed by atoms with E-state index in [1.54, 1.807) is 0 Å². The molecule has 19 heavy (non-hydrogen) atoms.